The molecule has 4 heteroatoms. The van der Waals surface area contributed by atoms with Gasteiger partial charge >= 0.3 is 0 Å². The monoisotopic (exact) mass is 189 g/mol. The molecule has 13 heavy (non-hydrogen) atoms. The Bertz CT molecular complexity index is 143. The lowest BCUT2D eigenvalue weighted by molar-refractivity contribution is -0.0352. The minimum absolute atomic E-state index is 0.114. The van der Waals surface area contributed by atoms with E-state index in [2.05, 4.69) is 4.90 Å². The van der Waals surface area contributed by atoms with E-state index in [4.69, 9.17) is 14.9 Å². The second-order valence-electron chi connectivity index (χ2n) is 3.69. The average molecular weight is 189 g/mol. The second kappa shape index (κ2) is 5.54. The van der Waals surface area contributed by atoms with E-state index in [0.29, 0.717) is 6.61 Å². The van der Waals surface area contributed by atoms with Gasteiger partial charge in [0.2, 0.25) is 0 Å². The van der Waals surface area contributed by atoms with E-state index in [1.807, 2.05) is 6.92 Å². The number of hydrogen-bond acceptors (Lipinski definition) is 4. The van der Waals surface area contributed by atoms with Crippen molar-refractivity contribution in [2.45, 2.75) is 13.0 Å². The summed E-state index contributed by atoms with van der Waals surface area (Å²) in [6.07, 6.45) is 0. The van der Waals surface area contributed by atoms with Crippen LogP contribution in [0.25, 0.3) is 0 Å². The minimum Gasteiger partial charge on any atom is -0.396 e. The van der Waals surface area contributed by atoms with Crippen LogP contribution in [0.5, 0.6) is 0 Å². The molecule has 0 aromatic carbocycles. The van der Waals surface area contributed by atoms with Crippen molar-refractivity contribution < 1.29 is 14.9 Å². The molecule has 0 aliphatic carbocycles. The standard InChI is InChI=1S/C9H19NO3/c1-8(5-11)4-10-2-3-13-7-9(10)6-12/h8-9,11-12H,2-7H2,1H3. The van der Waals surface area contributed by atoms with Gasteiger partial charge in [-0.15, -0.1) is 0 Å². The molecule has 0 radical (unpaired) electrons. The molecule has 1 aliphatic rings. The molecule has 1 aliphatic heterocycles. The zero-order valence-electron chi connectivity index (χ0n) is 8.15. The summed E-state index contributed by atoms with van der Waals surface area (Å²) in [5.74, 6) is 0.271. The molecule has 0 aromatic heterocycles. The number of rotatable bonds is 4. The van der Waals surface area contributed by atoms with E-state index in [1.54, 1.807) is 0 Å². The molecule has 78 valence electrons. The molecule has 1 rings (SSSR count). The Hall–Kier alpha value is -0.160. The van der Waals surface area contributed by atoms with Crippen LogP contribution in [0.1, 0.15) is 6.92 Å². The Morgan fingerprint density at radius 3 is 2.92 bits per heavy atom. The molecule has 1 heterocycles. The second-order valence-corrected chi connectivity index (χ2v) is 3.69. The van der Waals surface area contributed by atoms with E-state index >= 15 is 0 Å². The zero-order valence-corrected chi connectivity index (χ0v) is 8.15. The number of aliphatic hydroxyl groups is 2. The lowest BCUT2D eigenvalue weighted by Gasteiger charge is -2.35. The lowest BCUT2D eigenvalue weighted by Crippen LogP contribution is -2.49. The number of aliphatic hydroxyl groups excluding tert-OH is 2. The first kappa shape index (κ1) is 10.9. The topological polar surface area (TPSA) is 52.9 Å². The van der Waals surface area contributed by atoms with Crippen molar-refractivity contribution >= 4 is 0 Å². The van der Waals surface area contributed by atoms with Crippen molar-refractivity contribution in [2.24, 2.45) is 5.92 Å². The largest absolute Gasteiger partial charge is 0.396 e. The van der Waals surface area contributed by atoms with Gasteiger partial charge in [-0.3, -0.25) is 4.90 Å². The van der Waals surface area contributed by atoms with E-state index in [-0.39, 0.29) is 25.2 Å². The summed E-state index contributed by atoms with van der Waals surface area (Å²) < 4.78 is 5.25. The molecule has 0 amide bonds. The Kier molecular flexibility index (Phi) is 4.66. The fraction of sp³-hybridized carbons (Fsp3) is 1.00. The van der Waals surface area contributed by atoms with Crippen LogP contribution >= 0.6 is 0 Å². The number of hydrogen-bond donors (Lipinski definition) is 2. The molecule has 0 spiro atoms. The summed E-state index contributed by atoms with van der Waals surface area (Å²) in [5, 5.41) is 18.0. The van der Waals surface area contributed by atoms with Crippen LogP contribution < -0.4 is 0 Å². The predicted molar refractivity (Wildman–Crippen MR) is 49.5 cm³/mol. The van der Waals surface area contributed by atoms with Crippen LogP contribution in [0.15, 0.2) is 0 Å². The highest BCUT2D eigenvalue weighted by Crippen LogP contribution is 2.09. The van der Waals surface area contributed by atoms with Crippen molar-refractivity contribution in [3.63, 3.8) is 0 Å². The van der Waals surface area contributed by atoms with Crippen LogP contribution in [0.4, 0.5) is 0 Å². The molecular formula is C9H19NO3. The third kappa shape index (κ3) is 3.23. The van der Waals surface area contributed by atoms with Gasteiger partial charge in [0.05, 0.1) is 25.9 Å². The van der Waals surface area contributed by atoms with Crippen LogP contribution in [-0.2, 0) is 4.74 Å². The van der Waals surface area contributed by atoms with E-state index < -0.39 is 0 Å². The van der Waals surface area contributed by atoms with E-state index in [1.165, 1.54) is 0 Å². The summed E-state index contributed by atoms with van der Waals surface area (Å²) in [6.45, 7) is 5.38. The van der Waals surface area contributed by atoms with Crippen LogP contribution in [0.3, 0.4) is 0 Å². The highest BCUT2D eigenvalue weighted by Gasteiger charge is 2.23. The van der Waals surface area contributed by atoms with Crippen LogP contribution in [0.2, 0.25) is 0 Å². The summed E-state index contributed by atoms with van der Waals surface area (Å²) in [6, 6.07) is 0.114. The third-order valence-corrected chi connectivity index (χ3v) is 2.42. The van der Waals surface area contributed by atoms with E-state index in [0.717, 1.165) is 19.7 Å². The van der Waals surface area contributed by atoms with Crippen LogP contribution in [-0.4, -0.2) is 60.7 Å². The molecule has 2 N–H and O–H groups in total. The molecule has 2 unspecified atom stereocenters. The number of morpholine rings is 1. The van der Waals surface area contributed by atoms with Gasteiger partial charge < -0.3 is 14.9 Å². The summed E-state index contributed by atoms with van der Waals surface area (Å²) in [4.78, 5) is 2.18. The Labute approximate surface area is 79.1 Å². The maximum Gasteiger partial charge on any atom is 0.0644 e. The van der Waals surface area contributed by atoms with Gasteiger partial charge in [-0.25, -0.2) is 0 Å². The Balaban J connectivity index is 2.35. The molecule has 0 bridgehead atoms. The van der Waals surface area contributed by atoms with Gasteiger partial charge in [0.1, 0.15) is 0 Å². The van der Waals surface area contributed by atoms with Crippen LogP contribution in [0, 0.1) is 5.92 Å². The van der Waals surface area contributed by atoms with Crippen molar-refractivity contribution in [2.75, 3.05) is 39.5 Å². The first-order valence-electron chi connectivity index (χ1n) is 4.81. The van der Waals surface area contributed by atoms with Gasteiger partial charge in [-0.1, -0.05) is 6.92 Å². The molecule has 0 aromatic rings. The molecule has 2 atom stereocenters. The van der Waals surface area contributed by atoms with Gasteiger partial charge in [-0.2, -0.15) is 0 Å². The van der Waals surface area contributed by atoms with E-state index in [9.17, 15) is 0 Å². The molecule has 1 fully saturated rings. The summed E-state index contributed by atoms with van der Waals surface area (Å²) >= 11 is 0. The maximum atomic E-state index is 9.06. The number of ether oxygens (including phenoxy) is 1. The lowest BCUT2D eigenvalue weighted by atomic mass is 10.1. The van der Waals surface area contributed by atoms with Crippen molar-refractivity contribution in [1.82, 2.24) is 4.90 Å². The smallest absolute Gasteiger partial charge is 0.0644 e. The maximum absolute atomic E-state index is 9.06. The van der Waals surface area contributed by atoms with Crippen molar-refractivity contribution in [3.8, 4) is 0 Å². The third-order valence-electron chi connectivity index (χ3n) is 2.42. The highest BCUT2D eigenvalue weighted by atomic mass is 16.5. The van der Waals surface area contributed by atoms with Crippen molar-refractivity contribution in [1.29, 1.82) is 0 Å². The fourth-order valence-electron chi connectivity index (χ4n) is 1.56. The normalized spacial score (nSPS) is 27.5. The first-order valence-corrected chi connectivity index (χ1v) is 4.81. The zero-order chi connectivity index (χ0) is 9.68. The minimum atomic E-state index is 0.114. The summed E-state index contributed by atoms with van der Waals surface area (Å²) in [7, 11) is 0. The fourth-order valence-corrected chi connectivity index (χ4v) is 1.56. The quantitative estimate of drug-likeness (QED) is 0.614. The Morgan fingerprint density at radius 1 is 1.54 bits per heavy atom. The molecule has 0 saturated carbocycles. The molecule has 1 saturated heterocycles. The van der Waals surface area contributed by atoms with Gasteiger partial charge in [-0.05, 0) is 5.92 Å². The van der Waals surface area contributed by atoms with Gasteiger partial charge in [0, 0.05) is 19.7 Å². The summed E-state index contributed by atoms with van der Waals surface area (Å²) in [5.41, 5.74) is 0. The molecular weight excluding hydrogens is 170 g/mol. The van der Waals surface area contributed by atoms with Crippen molar-refractivity contribution in [3.05, 3.63) is 0 Å². The first-order chi connectivity index (χ1) is 6.27. The molecule has 4 nitrogen and oxygen atoms in total. The predicted octanol–water partition coefficient (Wildman–Crippen LogP) is -0.692. The number of nitrogens with zero attached hydrogens (tertiary/aromatic N) is 1. The average Bonchev–Trinajstić information content (AvgIpc) is 2.18. The highest BCUT2D eigenvalue weighted by molar-refractivity contribution is 4.75. The SMILES string of the molecule is CC(CO)CN1CCOCC1CO. The van der Waals surface area contributed by atoms with Gasteiger partial charge in [0.25, 0.3) is 0 Å². The Morgan fingerprint density at radius 2 is 2.31 bits per heavy atom. The van der Waals surface area contributed by atoms with Gasteiger partial charge in [0.15, 0.2) is 0 Å².